The van der Waals surface area contributed by atoms with Crippen LogP contribution in [0.1, 0.15) is 32.9 Å². The maximum Gasteiger partial charge on any atom is 0.481 e. The molecule has 0 aliphatic carbocycles. The summed E-state index contributed by atoms with van der Waals surface area (Å²) < 4.78 is 53.9. The van der Waals surface area contributed by atoms with E-state index in [-0.39, 0.29) is 53.5 Å². The fourth-order valence-corrected chi connectivity index (χ4v) is 7.02. The number of ether oxygens (including phenoxy) is 1. The van der Waals surface area contributed by atoms with Crippen molar-refractivity contribution in [3.63, 3.8) is 0 Å². The van der Waals surface area contributed by atoms with Crippen LogP contribution in [0.3, 0.4) is 0 Å². The number of phosphoric acid groups is 2. The van der Waals surface area contributed by atoms with Gasteiger partial charge in [0.2, 0.25) is 16.9 Å². The van der Waals surface area contributed by atoms with Crippen LogP contribution in [0, 0.1) is 17.8 Å². The van der Waals surface area contributed by atoms with Gasteiger partial charge in [-0.15, -0.1) is 6.42 Å². The van der Waals surface area contributed by atoms with Gasteiger partial charge < -0.3 is 56.6 Å². The highest BCUT2D eigenvalue weighted by Crippen LogP contribution is 2.61. The van der Waals surface area contributed by atoms with E-state index in [0.29, 0.717) is 5.75 Å². The zero-order valence-corrected chi connectivity index (χ0v) is 31.5. The third-order valence-electron chi connectivity index (χ3n) is 6.78. The normalized spacial score (nSPS) is 21.2. The number of carbonyl (C=O) groups is 3. The lowest BCUT2D eigenvalue weighted by molar-refractivity contribution is -0.137. The van der Waals surface area contributed by atoms with Crippen molar-refractivity contribution in [1.29, 1.82) is 0 Å². The van der Waals surface area contributed by atoms with Crippen molar-refractivity contribution in [2.75, 3.05) is 37.8 Å². The summed E-state index contributed by atoms with van der Waals surface area (Å²) in [5, 5.41) is 36.1. The van der Waals surface area contributed by atoms with Crippen LogP contribution in [0.5, 0.6) is 0 Å². The summed E-state index contributed by atoms with van der Waals surface area (Å²) in [4.78, 5) is 74.6. The number of amides is 2. The van der Waals surface area contributed by atoms with E-state index < -0.39 is 85.4 Å². The average Bonchev–Trinajstić information content (AvgIpc) is 3.62. The highest BCUT2D eigenvalue weighted by Gasteiger charge is 2.46. The van der Waals surface area contributed by atoms with E-state index in [4.69, 9.17) is 35.4 Å². The van der Waals surface area contributed by atoms with Crippen molar-refractivity contribution in [2.24, 2.45) is 5.41 Å². The number of anilines is 1. The lowest BCUT2D eigenvalue weighted by Crippen LogP contribution is -2.46. The number of terminal acetylenes is 1. The minimum absolute atomic E-state index is 0. The van der Waals surface area contributed by atoms with Crippen molar-refractivity contribution < 1.29 is 81.6 Å². The van der Waals surface area contributed by atoms with E-state index in [9.17, 15) is 48.6 Å². The number of rotatable bonds is 18. The van der Waals surface area contributed by atoms with Crippen LogP contribution in [0.4, 0.5) is 5.82 Å². The van der Waals surface area contributed by atoms with Crippen LogP contribution >= 0.6 is 36.1 Å². The van der Waals surface area contributed by atoms with Gasteiger partial charge in [0.05, 0.1) is 26.0 Å². The second kappa shape index (κ2) is 21.8. The number of thioether (sulfide) groups is 1. The highest BCUT2D eigenvalue weighted by atomic mass is 32.2. The molecule has 0 saturated carbocycles. The molecule has 298 valence electrons. The Hall–Kier alpha value is -3.01. The molecule has 28 heteroatoms. The van der Waals surface area contributed by atoms with Gasteiger partial charge in [-0.3, -0.25) is 28.0 Å². The summed E-state index contributed by atoms with van der Waals surface area (Å²) in [5.74, 6) is 1.18. The maximum atomic E-state index is 12.5. The standard InChI is InChI=1S/C25H37N7O14P2S.HO2P.H2O/c1-4-5-16(34)49-9-8-27-15(33)6-7-28-23(38)20(37)25(2,3)11-44-48(41,42)46-47(39,40)43-10-14-18(35)19(36)24(45-14)32-13-31-17-21(26)29-12-30-22(17)32;1-3-2;/h1,12-14,18-20,24,35-37H,5-11H2,2-3H3,(H,27,33)(H,28,38)(H,39,40)(H,41,42)(H2,26,29,30);(H,1,2);1H2. The molecule has 0 spiro atoms. The number of carbonyl (C=O) groups excluding carboxylic acids is 3. The molecular formula is C25H40N7O17P3S. The van der Waals surface area contributed by atoms with Gasteiger partial charge in [0.15, 0.2) is 17.7 Å². The number of nitrogens with one attached hydrogen (secondary N) is 2. The van der Waals surface area contributed by atoms with Gasteiger partial charge in [-0.05, 0) is 0 Å². The van der Waals surface area contributed by atoms with Gasteiger partial charge in [-0.1, -0.05) is 31.5 Å². The number of phosphoric ester groups is 2. The average molecular weight is 836 g/mol. The first-order valence-electron chi connectivity index (χ1n) is 14.7. The Bertz CT molecular complexity index is 1700. The Kier molecular flexibility index (Phi) is 19.7. The lowest BCUT2D eigenvalue weighted by Gasteiger charge is -2.30. The van der Waals surface area contributed by atoms with Gasteiger partial charge in [0.1, 0.15) is 36.3 Å². The van der Waals surface area contributed by atoms with Crippen molar-refractivity contribution in [1.82, 2.24) is 30.2 Å². The predicted octanol–water partition coefficient (Wildman–Crippen LogP) is -2.07. The number of aliphatic hydroxyl groups is 3. The molecular weight excluding hydrogens is 795 g/mol. The number of aromatic nitrogens is 4. The van der Waals surface area contributed by atoms with Crippen LogP contribution in [0.2, 0.25) is 0 Å². The minimum Gasteiger partial charge on any atom is -0.412 e. The number of fused-ring (bicyclic) bond motifs is 1. The fourth-order valence-electron chi connectivity index (χ4n) is 4.15. The van der Waals surface area contributed by atoms with Crippen molar-refractivity contribution in [2.45, 2.75) is 57.3 Å². The quantitative estimate of drug-likeness (QED) is 0.0442. The number of hydrogen-bond acceptors (Lipinski definition) is 18. The molecule has 24 nitrogen and oxygen atoms in total. The highest BCUT2D eigenvalue weighted by molar-refractivity contribution is 8.13. The van der Waals surface area contributed by atoms with Gasteiger partial charge in [-0.2, -0.15) is 4.31 Å². The molecule has 0 aromatic carbocycles. The van der Waals surface area contributed by atoms with E-state index in [0.717, 1.165) is 18.1 Å². The van der Waals surface area contributed by atoms with E-state index >= 15 is 0 Å². The fraction of sp³-hybridized carbons (Fsp3) is 0.600. The molecule has 1 fully saturated rings. The predicted molar refractivity (Wildman–Crippen MR) is 183 cm³/mol. The van der Waals surface area contributed by atoms with Crippen molar-refractivity contribution >= 4 is 70.0 Å². The zero-order chi connectivity index (χ0) is 39.3. The third-order valence-corrected chi connectivity index (χ3v) is 10.2. The Labute approximate surface area is 307 Å². The van der Waals surface area contributed by atoms with Crippen LogP contribution in [-0.2, 0) is 46.2 Å². The molecule has 0 radical (unpaired) electrons. The summed E-state index contributed by atoms with van der Waals surface area (Å²) in [6, 6.07) is 0. The van der Waals surface area contributed by atoms with Crippen LogP contribution in [0.25, 0.3) is 11.2 Å². The molecule has 53 heavy (non-hydrogen) atoms. The number of hydrogen-bond donors (Lipinski definition) is 9. The van der Waals surface area contributed by atoms with E-state index in [1.807, 2.05) is 0 Å². The molecule has 1 saturated heterocycles. The first-order valence-corrected chi connectivity index (χ1v) is 19.4. The molecule has 1 aliphatic heterocycles. The van der Waals surface area contributed by atoms with Crippen LogP contribution in [0.15, 0.2) is 12.7 Å². The topological polar surface area (TPSA) is 386 Å². The van der Waals surface area contributed by atoms with E-state index in [2.05, 4.69) is 35.8 Å². The van der Waals surface area contributed by atoms with Gasteiger partial charge >= 0.3 is 24.3 Å². The second-order valence-corrected chi connectivity index (χ2v) is 15.5. The first kappa shape index (κ1) is 48.0. The number of aliphatic hydroxyl groups excluding tert-OH is 3. The zero-order valence-electron chi connectivity index (χ0n) is 28.0. The van der Waals surface area contributed by atoms with E-state index in [1.165, 1.54) is 24.7 Å². The number of nitrogen functional groups attached to an aromatic ring is 1. The Morgan fingerprint density at radius 3 is 2.43 bits per heavy atom. The van der Waals surface area contributed by atoms with E-state index in [1.54, 1.807) is 0 Å². The summed E-state index contributed by atoms with van der Waals surface area (Å²) >= 11 is 0.970. The van der Waals surface area contributed by atoms with Gasteiger partial charge in [0, 0.05) is 30.7 Å². The molecule has 7 atom stereocenters. The third kappa shape index (κ3) is 15.0. The number of nitrogens with zero attached hydrogens (tertiary/aromatic N) is 4. The maximum absolute atomic E-state index is 12.5. The van der Waals surface area contributed by atoms with Crippen molar-refractivity contribution in [3.05, 3.63) is 12.7 Å². The molecule has 1 aliphatic rings. The summed E-state index contributed by atoms with van der Waals surface area (Å²) in [6.07, 6.45) is -0.593. The molecule has 2 amide bonds. The Morgan fingerprint density at radius 1 is 1.15 bits per heavy atom. The molecule has 3 heterocycles. The SMILES string of the molecule is C#CCC(=O)SCCNC(=O)CCNC(=O)C(O)C(C)(C)COP(=O)(O)OP(=O)(O)OCC1OC(n2cnc3c(N)ncnc32)C(O)C1O.O.O=PO. The molecule has 3 rings (SSSR count). The summed E-state index contributed by atoms with van der Waals surface area (Å²) in [6.45, 7) is 0.835. The number of nitrogens with two attached hydrogens (primary N) is 1. The molecule has 2 aromatic rings. The van der Waals surface area contributed by atoms with Gasteiger partial charge in [-0.25, -0.2) is 28.6 Å². The monoisotopic (exact) mass is 835 g/mol. The Morgan fingerprint density at radius 2 is 1.79 bits per heavy atom. The van der Waals surface area contributed by atoms with Crippen LogP contribution in [-0.4, -0.2) is 128 Å². The number of imidazole rings is 1. The first-order chi connectivity index (χ1) is 24.3. The Balaban J connectivity index is 0.00000339. The largest absolute Gasteiger partial charge is 0.481 e. The minimum atomic E-state index is -5.38. The summed E-state index contributed by atoms with van der Waals surface area (Å²) in [7, 11) is -11.6. The van der Waals surface area contributed by atoms with Crippen LogP contribution < -0.4 is 16.4 Å². The van der Waals surface area contributed by atoms with Crippen molar-refractivity contribution in [3.8, 4) is 12.3 Å². The molecule has 12 N–H and O–H groups in total. The van der Waals surface area contributed by atoms with Gasteiger partial charge in [0.25, 0.3) is 0 Å². The smallest absolute Gasteiger partial charge is 0.412 e. The molecule has 7 unspecified atom stereocenters. The molecule has 0 bridgehead atoms. The molecule has 2 aromatic heterocycles. The lowest BCUT2D eigenvalue weighted by atomic mass is 9.87. The summed E-state index contributed by atoms with van der Waals surface area (Å²) in [5.41, 5.74) is 4.54. The second-order valence-electron chi connectivity index (χ2n) is 11.2.